The first kappa shape index (κ1) is 23.6. The van der Waals surface area contributed by atoms with E-state index < -0.39 is 5.56 Å². The molecule has 30 heavy (non-hydrogen) atoms. The number of pyridine rings is 1. The molecule has 2 rings (SSSR count). The van der Waals surface area contributed by atoms with Crippen LogP contribution in [0.1, 0.15) is 66.2 Å². The Kier molecular flexibility index (Phi) is 9.03. The van der Waals surface area contributed by atoms with Gasteiger partial charge in [-0.1, -0.05) is 43.4 Å². The molecule has 0 aliphatic heterocycles. The van der Waals surface area contributed by atoms with Crippen molar-refractivity contribution in [2.45, 2.75) is 72.8 Å². The van der Waals surface area contributed by atoms with E-state index in [1.54, 1.807) is 16.7 Å². The van der Waals surface area contributed by atoms with E-state index in [1.807, 2.05) is 12.1 Å². The Balaban J connectivity index is 2.27. The molecule has 0 spiro atoms. The summed E-state index contributed by atoms with van der Waals surface area (Å²) >= 11 is 0. The van der Waals surface area contributed by atoms with Crippen LogP contribution in [0.3, 0.4) is 0 Å². The monoisotopic (exact) mass is 412 g/mol. The average molecular weight is 413 g/mol. The number of hydrogen-bond donors (Lipinski definition) is 2. The lowest BCUT2D eigenvalue weighted by Gasteiger charge is -2.16. The standard InChI is InChI=1S/C25H36N2O3/c1-5-6-7-8-15-27-22-17-20(26)12-13-21(22)24(23(28)25(27)29)30-16-14-19(4)11-9-10-18(2)3/h10,12-14,17,28H,5-9,11,15-16,26H2,1-4H3. The summed E-state index contributed by atoms with van der Waals surface area (Å²) in [5.41, 5.74) is 9.36. The summed E-state index contributed by atoms with van der Waals surface area (Å²) in [5, 5.41) is 11.3. The number of aryl methyl sites for hydroxylation is 1. The quantitative estimate of drug-likeness (QED) is 0.272. The van der Waals surface area contributed by atoms with Crippen LogP contribution in [-0.4, -0.2) is 16.3 Å². The van der Waals surface area contributed by atoms with E-state index in [4.69, 9.17) is 10.5 Å². The van der Waals surface area contributed by atoms with Crippen LogP contribution in [0.2, 0.25) is 0 Å². The molecule has 1 aromatic carbocycles. The number of anilines is 1. The highest BCUT2D eigenvalue weighted by Crippen LogP contribution is 2.33. The van der Waals surface area contributed by atoms with Gasteiger partial charge in [-0.3, -0.25) is 4.79 Å². The van der Waals surface area contributed by atoms with Crippen LogP contribution in [-0.2, 0) is 6.54 Å². The van der Waals surface area contributed by atoms with Crippen LogP contribution in [0.5, 0.6) is 11.5 Å². The zero-order valence-electron chi connectivity index (χ0n) is 18.8. The van der Waals surface area contributed by atoms with E-state index in [-0.39, 0.29) is 11.5 Å². The Bertz CT molecular complexity index is 966. The predicted molar refractivity (Wildman–Crippen MR) is 126 cm³/mol. The fourth-order valence-corrected chi connectivity index (χ4v) is 3.45. The van der Waals surface area contributed by atoms with Gasteiger partial charge in [0, 0.05) is 17.6 Å². The number of benzene rings is 1. The molecule has 0 saturated heterocycles. The average Bonchev–Trinajstić information content (AvgIpc) is 2.70. The number of unbranched alkanes of at least 4 members (excludes halogenated alkanes) is 3. The molecule has 0 aliphatic rings. The Morgan fingerprint density at radius 2 is 1.93 bits per heavy atom. The number of nitrogen functional groups attached to an aromatic ring is 1. The zero-order valence-corrected chi connectivity index (χ0v) is 18.8. The molecular weight excluding hydrogens is 376 g/mol. The Morgan fingerprint density at radius 1 is 1.17 bits per heavy atom. The van der Waals surface area contributed by atoms with E-state index in [0.717, 1.165) is 38.5 Å². The Labute approximate surface area is 179 Å². The number of aromatic hydroxyl groups is 1. The molecule has 0 radical (unpaired) electrons. The molecule has 5 heteroatoms. The first-order valence-electron chi connectivity index (χ1n) is 10.9. The minimum Gasteiger partial charge on any atom is -0.500 e. The van der Waals surface area contributed by atoms with Crippen molar-refractivity contribution >= 4 is 16.6 Å². The molecule has 2 aromatic rings. The third-order valence-electron chi connectivity index (χ3n) is 5.21. The Hall–Kier alpha value is -2.69. The highest BCUT2D eigenvalue weighted by Gasteiger charge is 2.17. The topological polar surface area (TPSA) is 77.5 Å². The first-order chi connectivity index (χ1) is 14.3. The minimum absolute atomic E-state index is 0.230. The third-order valence-corrected chi connectivity index (χ3v) is 5.21. The van der Waals surface area contributed by atoms with Gasteiger partial charge < -0.3 is 20.1 Å². The largest absolute Gasteiger partial charge is 0.500 e. The van der Waals surface area contributed by atoms with Gasteiger partial charge in [-0.25, -0.2) is 0 Å². The molecule has 3 N–H and O–H groups in total. The maximum Gasteiger partial charge on any atom is 0.297 e. The van der Waals surface area contributed by atoms with Crippen molar-refractivity contribution in [3.8, 4) is 11.5 Å². The second-order valence-electron chi connectivity index (χ2n) is 8.15. The zero-order chi connectivity index (χ0) is 22.1. The van der Waals surface area contributed by atoms with Crippen molar-refractivity contribution in [2.24, 2.45) is 0 Å². The molecule has 0 bridgehead atoms. The van der Waals surface area contributed by atoms with Crippen molar-refractivity contribution in [3.63, 3.8) is 0 Å². The van der Waals surface area contributed by atoms with Gasteiger partial charge in [0.05, 0.1) is 5.52 Å². The summed E-state index contributed by atoms with van der Waals surface area (Å²) in [5.74, 6) is -0.105. The molecule has 0 atom stereocenters. The van der Waals surface area contributed by atoms with Crippen molar-refractivity contribution in [1.29, 1.82) is 0 Å². The van der Waals surface area contributed by atoms with E-state index in [0.29, 0.717) is 29.7 Å². The highest BCUT2D eigenvalue weighted by atomic mass is 16.5. The molecule has 0 fully saturated rings. The molecular formula is C25H36N2O3. The van der Waals surface area contributed by atoms with Gasteiger partial charge >= 0.3 is 0 Å². The maximum atomic E-state index is 12.9. The van der Waals surface area contributed by atoms with Crippen molar-refractivity contribution in [2.75, 3.05) is 12.3 Å². The van der Waals surface area contributed by atoms with E-state index in [1.165, 1.54) is 11.1 Å². The highest BCUT2D eigenvalue weighted by molar-refractivity contribution is 5.90. The van der Waals surface area contributed by atoms with Gasteiger partial charge in [0.25, 0.3) is 5.56 Å². The van der Waals surface area contributed by atoms with Gasteiger partial charge in [-0.15, -0.1) is 0 Å². The number of hydrogen-bond acceptors (Lipinski definition) is 4. The maximum absolute atomic E-state index is 12.9. The molecule has 0 aliphatic carbocycles. The van der Waals surface area contributed by atoms with Crippen molar-refractivity contribution in [1.82, 2.24) is 4.57 Å². The molecule has 164 valence electrons. The lowest BCUT2D eigenvalue weighted by atomic mass is 10.1. The normalized spacial score (nSPS) is 11.7. The summed E-state index contributed by atoms with van der Waals surface area (Å²) in [7, 11) is 0. The van der Waals surface area contributed by atoms with E-state index >= 15 is 0 Å². The number of ether oxygens (including phenoxy) is 1. The second kappa shape index (κ2) is 11.5. The van der Waals surface area contributed by atoms with Crippen LogP contribution in [0.4, 0.5) is 5.69 Å². The Morgan fingerprint density at radius 3 is 2.63 bits per heavy atom. The number of allylic oxidation sites excluding steroid dienone is 3. The summed E-state index contributed by atoms with van der Waals surface area (Å²) in [6.07, 6.45) is 10.3. The second-order valence-corrected chi connectivity index (χ2v) is 8.15. The van der Waals surface area contributed by atoms with Crippen molar-refractivity contribution in [3.05, 3.63) is 51.9 Å². The summed E-state index contributed by atoms with van der Waals surface area (Å²) in [4.78, 5) is 12.9. The van der Waals surface area contributed by atoms with Gasteiger partial charge in [0.15, 0.2) is 5.75 Å². The lowest BCUT2D eigenvalue weighted by Crippen LogP contribution is -2.21. The SMILES string of the molecule is CCCCCCn1c(=O)c(O)c(OCC=C(C)CCC=C(C)C)c2ccc(N)cc21. The molecule has 5 nitrogen and oxygen atoms in total. The van der Waals surface area contributed by atoms with Crippen LogP contribution < -0.4 is 16.0 Å². The summed E-state index contributed by atoms with van der Waals surface area (Å²) < 4.78 is 7.49. The molecule has 0 unspecified atom stereocenters. The molecule has 0 saturated carbocycles. The lowest BCUT2D eigenvalue weighted by molar-refractivity contribution is 0.335. The van der Waals surface area contributed by atoms with E-state index in [9.17, 15) is 9.90 Å². The molecule has 1 heterocycles. The van der Waals surface area contributed by atoms with Crippen LogP contribution in [0.15, 0.2) is 46.3 Å². The molecule has 0 amide bonds. The predicted octanol–water partition coefficient (Wildman–Crippen LogP) is 5.94. The van der Waals surface area contributed by atoms with Gasteiger partial charge in [-0.05, 0) is 64.3 Å². The van der Waals surface area contributed by atoms with Gasteiger partial charge in [0.1, 0.15) is 6.61 Å². The minimum atomic E-state index is -0.427. The number of aromatic nitrogens is 1. The third kappa shape index (κ3) is 6.41. The summed E-state index contributed by atoms with van der Waals surface area (Å²) in [6, 6.07) is 5.36. The summed E-state index contributed by atoms with van der Waals surface area (Å²) in [6.45, 7) is 9.25. The van der Waals surface area contributed by atoms with Crippen molar-refractivity contribution < 1.29 is 9.84 Å². The fourth-order valence-electron chi connectivity index (χ4n) is 3.45. The number of fused-ring (bicyclic) bond motifs is 1. The first-order valence-corrected chi connectivity index (χ1v) is 10.9. The number of nitrogens with zero attached hydrogens (tertiary/aromatic N) is 1. The van der Waals surface area contributed by atoms with Gasteiger partial charge in [-0.2, -0.15) is 0 Å². The van der Waals surface area contributed by atoms with Crippen LogP contribution >= 0.6 is 0 Å². The van der Waals surface area contributed by atoms with E-state index in [2.05, 4.69) is 33.8 Å². The van der Waals surface area contributed by atoms with Crippen LogP contribution in [0, 0.1) is 0 Å². The van der Waals surface area contributed by atoms with Crippen LogP contribution in [0.25, 0.3) is 10.9 Å². The van der Waals surface area contributed by atoms with Gasteiger partial charge in [0.2, 0.25) is 5.75 Å². The number of rotatable bonds is 11. The number of nitrogens with two attached hydrogens (primary N) is 1. The fraction of sp³-hybridized carbons (Fsp3) is 0.480. The molecule has 1 aromatic heterocycles. The smallest absolute Gasteiger partial charge is 0.297 e.